The van der Waals surface area contributed by atoms with Crippen molar-refractivity contribution >= 4 is 5.78 Å². The van der Waals surface area contributed by atoms with E-state index in [1.165, 1.54) is 0 Å². The van der Waals surface area contributed by atoms with Gasteiger partial charge < -0.3 is 0 Å². The molecular formula is C9H16O. The van der Waals surface area contributed by atoms with Gasteiger partial charge in [-0.05, 0) is 19.8 Å². The van der Waals surface area contributed by atoms with Crippen molar-refractivity contribution < 1.29 is 4.79 Å². The first-order chi connectivity index (χ1) is 4.81. The Labute approximate surface area is 63.1 Å². The Morgan fingerprint density at radius 1 is 1.40 bits per heavy atom. The minimum atomic E-state index is 0.389. The van der Waals surface area contributed by atoms with Crippen molar-refractivity contribution in [3.63, 3.8) is 0 Å². The lowest BCUT2D eigenvalue weighted by Gasteiger charge is -1.92. The lowest BCUT2D eigenvalue weighted by atomic mass is 10.1. The van der Waals surface area contributed by atoms with E-state index < -0.39 is 0 Å². The molecule has 1 heteroatoms. The summed E-state index contributed by atoms with van der Waals surface area (Å²) in [6, 6.07) is 0. The third-order valence-electron chi connectivity index (χ3n) is 1.35. The first kappa shape index (κ1) is 9.41. The monoisotopic (exact) mass is 140 g/mol. The van der Waals surface area contributed by atoms with Crippen molar-refractivity contribution in [2.24, 2.45) is 0 Å². The van der Waals surface area contributed by atoms with Crippen molar-refractivity contribution in [3.8, 4) is 0 Å². The van der Waals surface area contributed by atoms with Crippen LogP contribution in [0.15, 0.2) is 12.2 Å². The number of hydrogen-bond acceptors (Lipinski definition) is 1. The molecule has 0 heterocycles. The second-order valence-corrected chi connectivity index (χ2v) is 2.40. The van der Waals surface area contributed by atoms with Gasteiger partial charge in [0.15, 0.2) is 0 Å². The molecule has 0 unspecified atom stereocenters. The van der Waals surface area contributed by atoms with Gasteiger partial charge in [0, 0.05) is 12.8 Å². The van der Waals surface area contributed by atoms with Gasteiger partial charge in [0.1, 0.15) is 5.78 Å². The molecule has 0 radical (unpaired) electrons. The van der Waals surface area contributed by atoms with Gasteiger partial charge >= 0.3 is 0 Å². The van der Waals surface area contributed by atoms with Gasteiger partial charge in [-0.2, -0.15) is 0 Å². The quantitative estimate of drug-likeness (QED) is 0.536. The average molecular weight is 140 g/mol. The zero-order valence-electron chi connectivity index (χ0n) is 6.89. The van der Waals surface area contributed by atoms with Crippen LogP contribution < -0.4 is 0 Å². The van der Waals surface area contributed by atoms with Gasteiger partial charge in [-0.1, -0.05) is 19.1 Å². The van der Waals surface area contributed by atoms with Crippen LogP contribution in [-0.4, -0.2) is 5.78 Å². The molecule has 0 fully saturated rings. The lowest BCUT2D eigenvalue weighted by molar-refractivity contribution is -0.119. The van der Waals surface area contributed by atoms with E-state index in [1.54, 1.807) is 0 Å². The molecule has 58 valence electrons. The SMILES string of the molecule is C/C=C/CCC(=O)CCC. The minimum Gasteiger partial charge on any atom is -0.300 e. The van der Waals surface area contributed by atoms with Crippen LogP contribution in [0.1, 0.15) is 39.5 Å². The molecule has 0 aromatic heterocycles. The third-order valence-corrected chi connectivity index (χ3v) is 1.35. The molecule has 0 aromatic carbocycles. The van der Waals surface area contributed by atoms with Crippen LogP contribution in [0.25, 0.3) is 0 Å². The highest BCUT2D eigenvalue weighted by atomic mass is 16.1. The molecule has 0 aliphatic rings. The number of carbonyl (C=O) groups excluding carboxylic acids is 1. The number of Topliss-reactive ketones (excluding diaryl/α,β-unsaturated/α-hetero) is 1. The lowest BCUT2D eigenvalue weighted by Crippen LogP contribution is -1.94. The second-order valence-electron chi connectivity index (χ2n) is 2.40. The van der Waals surface area contributed by atoms with Gasteiger partial charge in [-0.3, -0.25) is 4.79 Å². The molecule has 10 heavy (non-hydrogen) atoms. The van der Waals surface area contributed by atoms with E-state index in [4.69, 9.17) is 0 Å². The second kappa shape index (κ2) is 6.53. The Morgan fingerprint density at radius 3 is 2.60 bits per heavy atom. The van der Waals surface area contributed by atoms with Crippen LogP contribution in [0.5, 0.6) is 0 Å². The zero-order chi connectivity index (χ0) is 7.82. The van der Waals surface area contributed by atoms with E-state index in [1.807, 2.05) is 26.0 Å². The maximum atomic E-state index is 10.9. The first-order valence-corrected chi connectivity index (χ1v) is 3.94. The van der Waals surface area contributed by atoms with Crippen molar-refractivity contribution in [2.75, 3.05) is 0 Å². The molecule has 0 N–H and O–H groups in total. The van der Waals surface area contributed by atoms with E-state index in [9.17, 15) is 4.79 Å². The summed E-state index contributed by atoms with van der Waals surface area (Å²) >= 11 is 0. The number of ketones is 1. The number of allylic oxidation sites excluding steroid dienone is 2. The fraction of sp³-hybridized carbons (Fsp3) is 0.667. The Morgan fingerprint density at radius 2 is 2.10 bits per heavy atom. The van der Waals surface area contributed by atoms with Crippen molar-refractivity contribution in [1.29, 1.82) is 0 Å². The van der Waals surface area contributed by atoms with Gasteiger partial charge in [0.05, 0.1) is 0 Å². The predicted molar refractivity (Wildman–Crippen MR) is 44.0 cm³/mol. The normalized spacial score (nSPS) is 10.6. The molecule has 0 aliphatic heterocycles. The van der Waals surface area contributed by atoms with Crippen LogP contribution in [0.3, 0.4) is 0 Å². The zero-order valence-corrected chi connectivity index (χ0v) is 6.89. The molecule has 0 saturated carbocycles. The van der Waals surface area contributed by atoms with Crippen LogP contribution in [-0.2, 0) is 4.79 Å². The Hall–Kier alpha value is -0.590. The standard InChI is InChI=1S/C9H16O/c1-3-5-6-8-9(10)7-4-2/h3,5H,4,6-8H2,1-2H3/b5-3+. The van der Waals surface area contributed by atoms with E-state index in [-0.39, 0.29) is 0 Å². The van der Waals surface area contributed by atoms with Crippen molar-refractivity contribution in [1.82, 2.24) is 0 Å². The first-order valence-electron chi connectivity index (χ1n) is 3.94. The summed E-state index contributed by atoms with van der Waals surface area (Å²) in [6.07, 6.45) is 7.38. The number of hydrogen-bond donors (Lipinski definition) is 0. The molecule has 0 aliphatic carbocycles. The maximum Gasteiger partial charge on any atom is 0.133 e. The highest BCUT2D eigenvalue weighted by molar-refractivity contribution is 5.78. The molecule has 0 bridgehead atoms. The maximum absolute atomic E-state index is 10.9. The van der Waals surface area contributed by atoms with Crippen LogP contribution in [0.2, 0.25) is 0 Å². The summed E-state index contributed by atoms with van der Waals surface area (Å²) in [5.41, 5.74) is 0. The van der Waals surface area contributed by atoms with E-state index in [0.29, 0.717) is 5.78 Å². The van der Waals surface area contributed by atoms with Crippen molar-refractivity contribution in [3.05, 3.63) is 12.2 Å². The predicted octanol–water partition coefficient (Wildman–Crippen LogP) is 2.71. The minimum absolute atomic E-state index is 0.389. The molecule has 0 rings (SSSR count). The Bertz CT molecular complexity index is 114. The van der Waals surface area contributed by atoms with Gasteiger partial charge in [0.2, 0.25) is 0 Å². The Balaban J connectivity index is 3.21. The molecule has 0 saturated heterocycles. The molecule has 0 atom stereocenters. The van der Waals surface area contributed by atoms with Crippen LogP contribution in [0.4, 0.5) is 0 Å². The summed E-state index contributed by atoms with van der Waals surface area (Å²) in [5.74, 6) is 0.389. The van der Waals surface area contributed by atoms with E-state index in [0.717, 1.165) is 25.7 Å². The van der Waals surface area contributed by atoms with E-state index in [2.05, 4.69) is 0 Å². The highest BCUT2D eigenvalue weighted by Crippen LogP contribution is 1.98. The molecule has 0 spiro atoms. The van der Waals surface area contributed by atoms with Crippen LogP contribution >= 0.6 is 0 Å². The van der Waals surface area contributed by atoms with Gasteiger partial charge in [0.25, 0.3) is 0 Å². The highest BCUT2D eigenvalue weighted by Gasteiger charge is 1.96. The number of carbonyl (C=O) groups is 1. The molecule has 0 aromatic rings. The van der Waals surface area contributed by atoms with Crippen LogP contribution in [0, 0.1) is 0 Å². The third kappa shape index (κ3) is 5.54. The molecule has 1 nitrogen and oxygen atoms in total. The summed E-state index contributed by atoms with van der Waals surface area (Å²) in [5, 5.41) is 0. The van der Waals surface area contributed by atoms with E-state index >= 15 is 0 Å². The van der Waals surface area contributed by atoms with Gasteiger partial charge in [-0.15, -0.1) is 0 Å². The fourth-order valence-electron chi connectivity index (χ4n) is 0.815. The van der Waals surface area contributed by atoms with Crippen molar-refractivity contribution in [2.45, 2.75) is 39.5 Å². The van der Waals surface area contributed by atoms with Gasteiger partial charge in [-0.25, -0.2) is 0 Å². The summed E-state index contributed by atoms with van der Waals surface area (Å²) < 4.78 is 0. The fourth-order valence-corrected chi connectivity index (χ4v) is 0.815. The Kier molecular flexibility index (Phi) is 6.14. The summed E-state index contributed by atoms with van der Waals surface area (Å²) in [7, 11) is 0. The average Bonchev–Trinajstić information content (AvgIpc) is 1.89. The number of rotatable bonds is 5. The summed E-state index contributed by atoms with van der Waals surface area (Å²) in [6.45, 7) is 4.01. The molecular weight excluding hydrogens is 124 g/mol. The smallest absolute Gasteiger partial charge is 0.133 e. The largest absolute Gasteiger partial charge is 0.300 e. The topological polar surface area (TPSA) is 17.1 Å². The molecule has 0 amide bonds. The summed E-state index contributed by atoms with van der Waals surface area (Å²) in [4.78, 5) is 10.9.